The van der Waals surface area contributed by atoms with E-state index in [-0.39, 0.29) is 0 Å². The molecule has 1 unspecified atom stereocenters. The van der Waals surface area contributed by atoms with Crippen LogP contribution in [0.3, 0.4) is 0 Å². The van der Waals surface area contributed by atoms with Crippen molar-refractivity contribution in [2.24, 2.45) is 0 Å². The highest BCUT2D eigenvalue weighted by molar-refractivity contribution is 6.30. The average molecular weight is 212 g/mol. The van der Waals surface area contributed by atoms with Gasteiger partial charge in [-0.25, -0.2) is 9.97 Å². The Labute approximate surface area is 88.9 Å². The number of piperidine rings is 1. The van der Waals surface area contributed by atoms with E-state index >= 15 is 0 Å². The number of nitrogens with one attached hydrogen (secondary N) is 1. The summed E-state index contributed by atoms with van der Waals surface area (Å²) in [5.41, 5.74) is 0. The maximum absolute atomic E-state index is 5.74. The molecule has 2 rings (SSSR count). The summed E-state index contributed by atoms with van der Waals surface area (Å²) in [6.45, 7) is 3.25. The van der Waals surface area contributed by atoms with Gasteiger partial charge in [0.15, 0.2) is 0 Å². The molecule has 76 valence electrons. The van der Waals surface area contributed by atoms with Crippen molar-refractivity contribution in [1.82, 2.24) is 15.3 Å². The molecule has 1 fully saturated rings. The van der Waals surface area contributed by atoms with Crippen LogP contribution in [-0.2, 0) is 0 Å². The summed E-state index contributed by atoms with van der Waals surface area (Å²) in [4.78, 5) is 8.53. The predicted octanol–water partition coefficient (Wildman–Crippen LogP) is 1.99. The number of aromatic nitrogens is 2. The highest BCUT2D eigenvalue weighted by Gasteiger charge is 2.21. The highest BCUT2D eigenvalue weighted by Crippen LogP contribution is 2.24. The second kappa shape index (κ2) is 4.24. The third-order valence-electron chi connectivity index (χ3n) is 2.63. The standard InChI is InChI=1S/C10H14ClN3/c1-7-4-8(2-3-12-7)10-13-5-9(11)6-14-10/h5-8,12H,2-4H2,1H3/t7-,8?/m1/s1. The van der Waals surface area contributed by atoms with Gasteiger partial charge in [-0.2, -0.15) is 0 Å². The largest absolute Gasteiger partial charge is 0.314 e. The van der Waals surface area contributed by atoms with Gasteiger partial charge in [0.05, 0.1) is 5.02 Å². The van der Waals surface area contributed by atoms with Gasteiger partial charge in [-0.05, 0) is 26.3 Å². The zero-order chi connectivity index (χ0) is 9.97. The van der Waals surface area contributed by atoms with Gasteiger partial charge in [0, 0.05) is 24.4 Å². The second-order valence-electron chi connectivity index (χ2n) is 3.84. The van der Waals surface area contributed by atoms with Crippen molar-refractivity contribution in [3.8, 4) is 0 Å². The van der Waals surface area contributed by atoms with Gasteiger partial charge in [0.1, 0.15) is 5.82 Å². The first-order valence-corrected chi connectivity index (χ1v) is 5.34. The molecule has 0 amide bonds. The van der Waals surface area contributed by atoms with Crippen LogP contribution in [0.25, 0.3) is 0 Å². The van der Waals surface area contributed by atoms with Crippen LogP contribution in [0.5, 0.6) is 0 Å². The summed E-state index contributed by atoms with van der Waals surface area (Å²) < 4.78 is 0. The van der Waals surface area contributed by atoms with E-state index < -0.39 is 0 Å². The second-order valence-corrected chi connectivity index (χ2v) is 4.27. The van der Waals surface area contributed by atoms with Gasteiger partial charge in [-0.3, -0.25) is 0 Å². The Kier molecular flexibility index (Phi) is 2.99. The van der Waals surface area contributed by atoms with E-state index in [1.165, 1.54) is 0 Å². The molecular formula is C10H14ClN3. The first-order chi connectivity index (χ1) is 6.75. The molecule has 0 radical (unpaired) electrons. The third-order valence-corrected chi connectivity index (χ3v) is 2.82. The molecule has 0 aliphatic carbocycles. The van der Waals surface area contributed by atoms with Crippen LogP contribution in [0.15, 0.2) is 12.4 Å². The quantitative estimate of drug-likeness (QED) is 0.772. The normalized spacial score (nSPS) is 27.6. The van der Waals surface area contributed by atoms with Gasteiger partial charge in [0.2, 0.25) is 0 Å². The molecule has 14 heavy (non-hydrogen) atoms. The lowest BCUT2D eigenvalue weighted by Gasteiger charge is -2.26. The number of hydrogen-bond donors (Lipinski definition) is 1. The Morgan fingerprint density at radius 3 is 2.79 bits per heavy atom. The van der Waals surface area contributed by atoms with E-state index in [0.717, 1.165) is 25.2 Å². The lowest BCUT2D eigenvalue weighted by molar-refractivity contribution is 0.371. The van der Waals surface area contributed by atoms with E-state index in [1.807, 2.05) is 0 Å². The molecule has 1 N–H and O–H groups in total. The molecule has 0 spiro atoms. The van der Waals surface area contributed by atoms with Crippen LogP contribution in [0, 0.1) is 0 Å². The Balaban J connectivity index is 2.10. The predicted molar refractivity (Wildman–Crippen MR) is 56.5 cm³/mol. The smallest absolute Gasteiger partial charge is 0.131 e. The molecule has 4 heteroatoms. The van der Waals surface area contributed by atoms with Crippen LogP contribution in [0.2, 0.25) is 5.02 Å². The molecule has 0 saturated carbocycles. The fraction of sp³-hybridized carbons (Fsp3) is 0.600. The molecule has 1 aromatic rings. The molecule has 2 atom stereocenters. The molecule has 0 aromatic carbocycles. The van der Waals surface area contributed by atoms with Gasteiger partial charge in [-0.15, -0.1) is 0 Å². The topological polar surface area (TPSA) is 37.8 Å². The number of rotatable bonds is 1. The van der Waals surface area contributed by atoms with Gasteiger partial charge < -0.3 is 5.32 Å². The summed E-state index contributed by atoms with van der Waals surface area (Å²) in [5, 5.41) is 4.02. The summed E-state index contributed by atoms with van der Waals surface area (Å²) in [7, 11) is 0. The van der Waals surface area contributed by atoms with Crippen LogP contribution in [0.4, 0.5) is 0 Å². The van der Waals surface area contributed by atoms with Crippen LogP contribution in [-0.4, -0.2) is 22.6 Å². The fourth-order valence-corrected chi connectivity index (χ4v) is 2.00. The van der Waals surface area contributed by atoms with Crippen molar-refractivity contribution in [2.75, 3.05) is 6.54 Å². The van der Waals surface area contributed by atoms with Gasteiger partial charge >= 0.3 is 0 Å². The van der Waals surface area contributed by atoms with E-state index in [1.54, 1.807) is 12.4 Å². The minimum Gasteiger partial charge on any atom is -0.314 e. The lowest BCUT2D eigenvalue weighted by Crippen LogP contribution is -2.35. The molecule has 1 aliphatic rings. The minimum absolute atomic E-state index is 0.489. The van der Waals surface area contributed by atoms with E-state index in [2.05, 4.69) is 22.2 Å². The van der Waals surface area contributed by atoms with E-state index in [0.29, 0.717) is 17.0 Å². The Morgan fingerprint density at radius 2 is 2.14 bits per heavy atom. The Hall–Kier alpha value is -0.670. The minimum atomic E-state index is 0.489. The van der Waals surface area contributed by atoms with E-state index in [4.69, 9.17) is 11.6 Å². The van der Waals surface area contributed by atoms with Crippen molar-refractivity contribution >= 4 is 11.6 Å². The molecular weight excluding hydrogens is 198 g/mol. The first-order valence-electron chi connectivity index (χ1n) is 4.96. The lowest BCUT2D eigenvalue weighted by atomic mass is 9.92. The maximum Gasteiger partial charge on any atom is 0.131 e. The molecule has 1 saturated heterocycles. The maximum atomic E-state index is 5.74. The molecule has 0 bridgehead atoms. The van der Waals surface area contributed by atoms with E-state index in [9.17, 15) is 0 Å². The third kappa shape index (κ3) is 2.22. The Bertz CT molecular complexity index is 299. The fourth-order valence-electron chi connectivity index (χ4n) is 1.90. The number of nitrogens with zero attached hydrogens (tertiary/aromatic N) is 2. The van der Waals surface area contributed by atoms with Gasteiger partial charge in [-0.1, -0.05) is 11.6 Å². The summed E-state index contributed by atoms with van der Waals surface area (Å²) >= 11 is 5.74. The molecule has 1 aromatic heterocycles. The van der Waals surface area contributed by atoms with Crippen LogP contribution < -0.4 is 5.32 Å². The van der Waals surface area contributed by atoms with Crippen molar-refractivity contribution < 1.29 is 0 Å². The zero-order valence-electron chi connectivity index (χ0n) is 8.20. The zero-order valence-corrected chi connectivity index (χ0v) is 8.96. The average Bonchev–Trinajstić information content (AvgIpc) is 2.19. The summed E-state index contributed by atoms with van der Waals surface area (Å²) in [6, 6.07) is 0.563. The summed E-state index contributed by atoms with van der Waals surface area (Å²) in [6.07, 6.45) is 5.58. The van der Waals surface area contributed by atoms with Crippen LogP contribution in [0.1, 0.15) is 31.5 Å². The monoisotopic (exact) mass is 211 g/mol. The van der Waals surface area contributed by atoms with Crippen LogP contribution >= 0.6 is 11.6 Å². The molecule has 1 aliphatic heterocycles. The summed E-state index contributed by atoms with van der Waals surface area (Å²) in [5.74, 6) is 1.42. The van der Waals surface area contributed by atoms with Crippen molar-refractivity contribution in [1.29, 1.82) is 0 Å². The van der Waals surface area contributed by atoms with Crippen molar-refractivity contribution in [2.45, 2.75) is 31.7 Å². The number of hydrogen-bond acceptors (Lipinski definition) is 3. The highest BCUT2D eigenvalue weighted by atomic mass is 35.5. The number of halogens is 1. The van der Waals surface area contributed by atoms with Crippen molar-refractivity contribution in [3.63, 3.8) is 0 Å². The SMILES string of the molecule is C[C@@H]1CC(c2ncc(Cl)cn2)CCN1. The molecule has 3 nitrogen and oxygen atoms in total. The Morgan fingerprint density at radius 1 is 1.43 bits per heavy atom. The van der Waals surface area contributed by atoms with Crippen molar-refractivity contribution in [3.05, 3.63) is 23.2 Å². The molecule has 2 heterocycles. The first kappa shape index (κ1) is 9.87. The van der Waals surface area contributed by atoms with Gasteiger partial charge in [0.25, 0.3) is 0 Å².